The summed E-state index contributed by atoms with van der Waals surface area (Å²) in [6.07, 6.45) is 0.123. The number of halogens is 3. The van der Waals surface area contributed by atoms with Crippen LogP contribution in [-0.2, 0) is 29.7 Å². The van der Waals surface area contributed by atoms with Gasteiger partial charge >= 0.3 is 6.18 Å². The number of nitrogen functional groups attached to an aromatic ring is 1. The van der Waals surface area contributed by atoms with E-state index >= 15 is 0 Å². The number of nitrogens with zero attached hydrogens (tertiary/aromatic N) is 5. The van der Waals surface area contributed by atoms with Crippen LogP contribution in [0.25, 0.3) is 17.3 Å². The van der Waals surface area contributed by atoms with E-state index in [4.69, 9.17) is 10.5 Å². The van der Waals surface area contributed by atoms with Gasteiger partial charge in [0.05, 0.1) is 35.8 Å². The Morgan fingerprint density at radius 3 is 2.58 bits per heavy atom. The molecule has 0 atom stereocenters. The van der Waals surface area contributed by atoms with Crippen molar-refractivity contribution in [3.63, 3.8) is 0 Å². The molecule has 3 heterocycles. The molecule has 1 aromatic carbocycles. The number of fused-ring (bicyclic) bond motifs is 1. The lowest BCUT2D eigenvalue weighted by atomic mass is 9.92. The number of nitrogens with one attached hydrogen (secondary N) is 1. The largest absolute Gasteiger partial charge is 0.480 e. The average molecular weight is 574 g/mol. The van der Waals surface area contributed by atoms with Crippen molar-refractivity contribution in [2.75, 3.05) is 17.6 Å². The number of nitrogens with two attached hydrogens (primary N) is 1. The van der Waals surface area contributed by atoms with Crippen molar-refractivity contribution in [1.29, 1.82) is 0 Å². The SMILES string of the molecule is COc1ncc(C2=Cc3c(nc(N)n(-c4ccccc4C(F)(F)F)c3=O)CC2)cc1S(=O)(=O)Nc1ccnn1C. The normalized spacial score (nSPS) is 13.5. The summed E-state index contributed by atoms with van der Waals surface area (Å²) < 4.78 is 77.2. The number of sulfonamides is 1. The van der Waals surface area contributed by atoms with E-state index in [2.05, 4.69) is 19.8 Å². The van der Waals surface area contributed by atoms with Crippen molar-refractivity contribution in [3.8, 4) is 11.6 Å². The minimum absolute atomic E-state index is 0.0423. The Hall–Kier alpha value is -4.66. The predicted octanol–water partition coefficient (Wildman–Crippen LogP) is 3.26. The number of aryl methyl sites for hydroxylation is 2. The molecule has 5 rings (SSSR count). The Bertz CT molecular complexity index is 1830. The lowest BCUT2D eigenvalue weighted by molar-refractivity contribution is -0.137. The first-order valence-corrected chi connectivity index (χ1v) is 13.2. The second-order valence-electron chi connectivity index (χ2n) is 8.83. The van der Waals surface area contributed by atoms with E-state index in [1.165, 1.54) is 54.5 Å². The first-order chi connectivity index (χ1) is 18.9. The summed E-state index contributed by atoms with van der Waals surface area (Å²) in [7, 11) is -1.33. The smallest absolute Gasteiger partial charge is 0.418 e. The van der Waals surface area contributed by atoms with Crippen LogP contribution in [0.4, 0.5) is 24.9 Å². The third kappa shape index (κ3) is 4.79. The van der Waals surface area contributed by atoms with Crippen LogP contribution in [0.2, 0.25) is 0 Å². The molecule has 208 valence electrons. The third-order valence-electron chi connectivity index (χ3n) is 6.35. The van der Waals surface area contributed by atoms with Crippen LogP contribution in [0.15, 0.2) is 58.5 Å². The van der Waals surface area contributed by atoms with Gasteiger partial charge in [0.25, 0.3) is 15.6 Å². The first-order valence-electron chi connectivity index (χ1n) is 11.7. The molecule has 0 radical (unpaired) electrons. The molecule has 0 spiro atoms. The molecule has 40 heavy (non-hydrogen) atoms. The van der Waals surface area contributed by atoms with Crippen molar-refractivity contribution in [3.05, 3.63) is 81.5 Å². The van der Waals surface area contributed by atoms with Crippen molar-refractivity contribution in [2.24, 2.45) is 7.05 Å². The molecule has 0 saturated carbocycles. The number of aromatic nitrogens is 5. The monoisotopic (exact) mass is 573 g/mol. The number of benzene rings is 1. The Labute approximate surface area is 225 Å². The topological polar surface area (TPSA) is 147 Å². The average Bonchev–Trinajstić information content (AvgIpc) is 3.31. The number of para-hydroxylation sites is 1. The molecule has 4 aromatic rings. The highest BCUT2D eigenvalue weighted by molar-refractivity contribution is 7.92. The van der Waals surface area contributed by atoms with Crippen LogP contribution >= 0.6 is 0 Å². The van der Waals surface area contributed by atoms with Crippen LogP contribution in [0.5, 0.6) is 5.88 Å². The molecule has 11 nitrogen and oxygen atoms in total. The fourth-order valence-electron chi connectivity index (χ4n) is 4.42. The number of hydrogen-bond donors (Lipinski definition) is 2. The summed E-state index contributed by atoms with van der Waals surface area (Å²) in [5.41, 5.74) is 4.94. The number of methoxy groups -OCH3 is 1. The number of hydrogen-bond acceptors (Lipinski definition) is 8. The zero-order valence-corrected chi connectivity index (χ0v) is 21.9. The Balaban J connectivity index is 1.61. The van der Waals surface area contributed by atoms with Gasteiger partial charge < -0.3 is 10.5 Å². The van der Waals surface area contributed by atoms with Gasteiger partial charge in [-0.3, -0.25) is 14.2 Å². The molecule has 0 bridgehead atoms. The van der Waals surface area contributed by atoms with Crippen molar-refractivity contribution >= 4 is 33.4 Å². The van der Waals surface area contributed by atoms with E-state index in [1.54, 1.807) is 7.05 Å². The molecule has 1 aliphatic carbocycles. The van der Waals surface area contributed by atoms with Gasteiger partial charge in [-0.1, -0.05) is 12.1 Å². The Kier molecular flexibility index (Phi) is 6.61. The maximum absolute atomic E-state index is 13.7. The van der Waals surface area contributed by atoms with Crippen LogP contribution in [-0.4, -0.2) is 39.8 Å². The van der Waals surface area contributed by atoms with E-state index in [1.807, 2.05) is 0 Å². The van der Waals surface area contributed by atoms with Crippen molar-refractivity contribution < 1.29 is 26.3 Å². The summed E-state index contributed by atoms with van der Waals surface area (Å²) in [6.45, 7) is 0. The first kappa shape index (κ1) is 26.9. The molecule has 15 heteroatoms. The molecule has 0 fully saturated rings. The number of allylic oxidation sites excluding steroid dienone is 1. The van der Waals surface area contributed by atoms with E-state index in [0.29, 0.717) is 23.3 Å². The Morgan fingerprint density at radius 1 is 1.15 bits per heavy atom. The van der Waals surface area contributed by atoms with Gasteiger partial charge in [-0.2, -0.15) is 18.3 Å². The summed E-state index contributed by atoms with van der Waals surface area (Å²) >= 11 is 0. The molecule has 0 saturated heterocycles. The van der Waals surface area contributed by atoms with Crippen molar-refractivity contribution in [1.82, 2.24) is 24.3 Å². The van der Waals surface area contributed by atoms with Crippen LogP contribution in [0.3, 0.4) is 0 Å². The van der Waals surface area contributed by atoms with Gasteiger partial charge in [-0.15, -0.1) is 0 Å². The third-order valence-corrected chi connectivity index (χ3v) is 7.70. The minimum atomic E-state index is -4.74. The Morgan fingerprint density at radius 2 is 1.90 bits per heavy atom. The second kappa shape index (κ2) is 9.82. The predicted molar refractivity (Wildman–Crippen MR) is 140 cm³/mol. The van der Waals surface area contributed by atoms with E-state index < -0.39 is 33.0 Å². The van der Waals surface area contributed by atoms with Crippen LogP contribution in [0, 0.1) is 0 Å². The van der Waals surface area contributed by atoms with Gasteiger partial charge in [0.2, 0.25) is 11.8 Å². The maximum Gasteiger partial charge on any atom is 0.418 e. The zero-order chi connectivity index (χ0) is 28.8. The van der Waals surface area contributed by atoms with E-state index in [0.717, 1.165) is 16.7 Å². The van der Waals surface area contributed by atoms with Gasteiger partial charge in [0, 0.05) is 19.3 Å². The van der Waals surface area contributed by atoms with Gasteiger partial charge in [0.15, 0.2) is 0 Å². The van der Waals surface area contributed by atoms with Crippen molar-refractivity contribution in [2.45, 2.75) is 23.9 Å². The van der Waals surface area contributed by atoms with E-state index in [9.17, 15) is 26.4 Å². The van der Waals surface area contributed by atoms with Gasteiger partial charge in [0.1, 0.15) is 10.7 Å². The summed E-state index contributed by atoms with van der Waals surface area (Å²) in [5.74, 6) is -0.324. The summed E-state index contributed by atoms with van der Waals surface area (Å²) in [6, 6.07) is 7.39. The second-order valence-corrected chi connectivity index (χ2v) is 10.5. The fourth-order valence-corrected chi connectivity index (χ4v) is 5.65. The van der Waals surface area contributed by atoms with E-state index in [-0.39, 0.29) is 34.5 Å². The fraction of sp³-hybridized carbons (Fsp3) is 0.200. The molecular weight excluding hydrogens is 551 g/mol. The molecule has 0 aliphatic heterocycles. The highest BCUT2D eigenvalue weighted by Crippen LogP contribution is 2.35. The lowest BCUT2D eigenvalue weighted by Crippen LogP contribution is -2.29. The number of pyridine rings is 1. The quantitative estimate of drug-likeness (QED) is 0.357. The highest BCUT2D eigenvalue weighted by Gasteiger charge is 2.35. The standard InChI is InChI=1S/C25H22F3N7O4S/c1-34-21(9-10-31-34)33-40(37,38)20-12-15(13-30-22(20)39-2)14-7-8-18-16(11-14)23(36)35(24(29)32-18)19-6-4-3-5-17(19)25(26,27)28/h3-6,9-13,33H,7-8H2,1-2H3,(H2,29,32). The zero-order valence-electron chi connectivity index (χ0n) is 21.1. The van der Waals surface area contributed by atoms with Crippen LogP contribution < -0.4 is 20.8 Å². The number of ether oxygens (including phenoxy) is 1. The molecule has 0 amide bonds. The molecular formula is C25H22F3N7O4S. The summed E-state index contributed by atoms with van der Waals surface area (Å²) in [5, 5.41) is 3.94. The highest BCUT2D eigenvalue weighted by atomic mass is 32.2. The van der Waals surface area contributed by atoms with Gasteiger partial charge in [-0.05, 0) is 48.3 Å². The van der Waals surface area contributed by atoms with Gasteiger partial charge in [-0.25, -0.2) is 23.0 Å². The van der Waals surface area contributed by atoms with Crippen LogP contribution in [0.1, 0.15) is 28.8 Å². The lowest BCUT2D eigenvalue weighted by Gasteiger charge is -2.21. The number of rotatable bonds is 6. The summed E-state index contributed by atoms with van der Waals surface area (Å²) in [4.78, 5) is 21.6. The molecule has 1 aliphatic rings. The maximum atomic E-state index is 13.7. The molecule has 3 N–H and O–H groups in total. The molecule has 3 aromatic heterocycles. The minimum Gasteiger partial charge on any atom is -0.480 e. The molecule has 0 unspecified atom stereocenters. The number of anilines is 2. The number of alkyl halides is 3.